The van der Waals surface area contributed by atoms with Crippen molar-refractivity contribution in [2.24, 2.45) is 0 Å². The summed E-state index contributed by atoms with van der Waals surface area (Å²) in [6, 6.07) is 9.10. The predicted octanol–water partition coefficient (Wildman–Crippen LogP) is 8.18. The summed E-state index contributed by atoms with van der Waals surface area (Å²) in [6.07, 6.45) is 0. The van der Waals surface area contributed by atoms with Gasteiger partial charge in [0.25, 0.3) is 0 Å². The van der Waals surface area contributed by atoms with Crippen LogP contribution in [0, 0.1) is 13.8 Å². The topological polar surface area (TPSA) is 110 Å². The molecule has 0 aliphatic carbocycles. The Hall–Kier alpha value is -0.940. The minimum absolute atomic E-state index is 0.0119. The lowest BCUT2D eigenvalue weighted by molar-refractivity contribution is 0.105. The van der Waals surface area contributed by atoms with E-state index in [2.05, 4.69) is 121 Å². The average molecular weight is 597 g/mol. The summed E-state index contributed by atoms with van der Waals surface area (Å²) >= 11 is 0. The van der Waals surface area contributed by atoms with Gasteiger partial charge in [-0.15, -0.1) is 0 Å². The van der Waals surface area contributed by atoms with Crippen LogP contribution in [0.3, 0.4) is 0 Å². The second-order valence-electron chi connectivity index (χ2n) is 15.1. The Morgan fingerprint density at radius 3 is 0.975 bits per heavy atom. The lowest BCUT2D eigenvalue weighted by atomic mass is 9.68. The van der Waals surface area contributed by atoms with Gasteiger partial charge in [-0.3, -0.25) is 4.52 Å². The van der Waals surface area contributed by atoms with Gasteiger partial charge >= 0.3 is 17.2 Å². The third kappa shape index (κ3) is 9.28. The van der Waals surface area contributed by atoms with Crippen LogP contribution in [-0.4, -0.2) is 24.5 Å². The van der Waals surface area contributed by atoms with E-state index in [0.717, 1.165) is 22.3 Å². The molecule has 0 amide bonds. The van der Waals surface area contributed by atoms with E-state index in [1.54, 1.807) is 0 Å². The normalized spacial score (nSPS) is 13.6. The molecule has 228 valence electrons. The molecule has 0 spiro atoms. The second kappa shape index (κ2) is 12.7. The molecule has 2 aromatic rings. The Kier molecular flexibility index (Phi) is 11.8. The highest BCUT2D eigenvalue weighted by molar-refractivity contribution is 7.39. The fourth-order valence-electron chi connectivity index (χ4n) is 5.27. The molecule has 0 saturated carbocycles. The number of aryl methyl sites for hydroxylation is 2. The molecule has 0 atom stereocenters. The van der Waals surface area contributed by atoms with Gasteiger partial charge in [-0.2, -0.15) is 0 Å². The zero-order chi connectivity index (χ0) is 31.8. The van der Waals surface area contributed by atoms with Crippen molar-refractivity contribution in [1.82, 2.24) is 0 Å². The SMILES string of the molecule is Cc1cc(C(C)(C)C)cc(C(C)(C)C)c1C(C)(OP(O)O)c1c(C)cc(C(C)(C)C)cc1C(C)(C)C.OP(O)O. The van der Waals surface area contributed by atoms with Crippen LogP contribution in [0.5, 0.6) is 0 Å². The van der Waals surface area contributed by atoms with Crippen LogP contribution in [0.2, 0.25) is 0 Å². The van der Waals surface area contributed by atoms with Gasteiger partial charge in [0.1, 0.15) is 5.60 Å². The van der Waals surface area contributed by atoms with Crippen molar-refractivity contribution < 1.29 is 29.0 Å². The smallest absolute Gasteiger partial charge is 0.328 e. The van der Waals surface area contributed by atoms with E-state index >= 15 is 0 Å². The molecule has 6 nitrogen and oxygen atoms in total. The molecular weight excluding hydrogens is 542 g/mol. The van der Waals surface area contributed by atoms with Crippen LogP contribution in [0.25, 0.3) is 0 Å². The molecule has 8 heteroatoms. The minimum Gasteiger partial charge on any atom is -0.328 e. The molecule has 0 radical (unpaired) electrons. The fourth-order valence-corrected chi connectivity index (χ4v) is 5.78. The molecule has 0 saturated heterocycles. The first-order valence-electron chi connectivity index (χ1n) is 13.7. The maximum Gasteiger partial charge on any atom is 0.328 e. The van der Waals surface area contributed by atoms with Crippen LogP contribution in [0.1, 0.15) is 135 Å². The zero-order valence-corrected chi connectivity index (χ0v) is 29.1. The Morgan fingerprint density at radius 2 is 0.775 bits per heavy atom. The number of benzene rings is 2. The molecule has 0 heterocycles. The molecule has 0 aliphatic heterocycles. The molecular formula is C32H54O6P2. The van der Waals surface area contributed by atoms with Crippen molar-refractivity contribution in [3.8, 4) is 0 Å². The van der Waals surface area contributed by atoms with Gasteiger partial charge in [0.2, 0.25) is 0 Å². The van der Waals surface area contributed by atoms with E-state index in [4.69, 9.17) is 19.2 Å². The first-order valence-corrected chi connectivity index (χ1v) is 16.1. The van der Waals surface area contributed by atoms with Crippen molar-refractivity contribution in [2.75, 3.05) is 0 Å². The summed E-state index contributed by atoms with van der Waals surface area (Å²) in [4.78, 5) is 42.4. The molecule has 2 rings (SSSR count). The Labute approximate surface area is 245 Å². The van der Waals surface area contributed by atoms with Gasteiger partial charge in [-0.1, -0.05) is 107 Å². The van der Waals surface area contributed by atoms with Gasteiger partial charge in [0.05, 0.1) is 0 Å². The molecule has 0 unspecified atom stereocenters. The second-order valence-corrected chi connectivity index (χ2v) is 16.3. The molecule has 40 heavy (non-hydrogen) atoms. The molecule has 0 fully saturated rings. The number of hydrogen-bond acceptors (Lipinski definition) is 6. The summed E-state index contributed by atoms with van der Waals surface area (Å²) in [7, 11) is -5.24. The largest absolute Gasteiger partial charge is 0.328 e. The average Bonchev–Trinajstić information content (AvgIpc) is 2.68. The molecule has 0 aliphatic rings. The van der Waals surface area contributed by atoms with Crippen molar-refractivity contribution in [1.29, 1.82) is 0 Å². The van der Waals surface area contributed by atoms with Crippen LogP contribution >= 0.6 is 17.2 Å². The van der Waals surface area contributed by atoms with Gasteiger partial charge in [0, 0.05) is 0 Å². The molecule has 2 aromatic carbocycles. The Bertz CT molecular complexity index is 1080. The minimum atomic E-state index is -2.62. The Morgan fingerprint density at radius 1 is 0.500 bits per heavy atom. The van der Waals surface area contributed by atoms with E-state index in [1.165, 1.54) is 22.3 Å². The molecule has 5 N–H and O–H groups in total. The first-order chi connectivity index (χ1) is 17.6. The standard InChI is InChI=1S/C32H51O3P.H3O3P/c1-20-16-22(28(3,4)5)18-24(30(9,10)11)26(20)32(15,35-36(33)34)27-21(2)17-23(29(6,7)8)19-25(27)31(12,13)14;1-4(2)3/h16-19,33-34H,1-15H3;1-3H. The lowest BCUT2D eigenvalue weighted by Gasteiger charge is -2.42. The highest BCUT2D eigenvalue weighted by Gasteiger charge is 2.43. The van der Waals surface area contributed by atoms with Crippen molar-refractivity contribution in [3.63, 3.8) is 0 Å². The van der Waals surface area contributed by atoms with Gasteiger partial charge in [-0.25, -0.2) is 0 Å². The summed E-state index contributed by atoms with van der Waals surface area (Å²) < 4.78 is 6.27. The third-order valence-corrected chi connectivity index (χ3v) is 7.77. The van der Waals surface area contributed by atoms with Crippen molar-refractivity contribution >= 4 is 17.2 Å². The summed E-state index contributed by atoms with van der Waals surface area (Å²) in [5.74, 6) is 0. The molecule has 0 bridgehead atoms. The number of rotatable bonds is 4. The van der Waals surface area contributed by atoms with E-state index in [-0.39, 0.29) is 21.7 Å². The van der Waals surface area contributed by atoms with Crippen molar-refractivity contribution in [3.05, 3.63) is 68.8 Å². The summed E-state index contributed by atoms with van der Waals surface area (Å²) in [5, 5.41) is 0. The summed E-state index contributed by atoms with van der Waals surface area (Å²) in [6.45, 7) is 33.0. The van der Waals surface area contributed by atoms with E-state index in [9.17, 15) is 9.79 Å². The van der Waals surface area contributed by atoms with Crippen molar-refractivity contribution in [2.45, 2.75) is 131 Å². The monoisotopic (exact) mass is 596 g/mol. The lowest BCUT2D eigenvalue weighted by Crippen LogP contribution is -2.36. The van der Waals surface area contributed by atoms with Crippen LogP contribution in [-0.2, 0) is 31.8 Å². The fraction of sp³-hybridized carbons (Fsp3) is 0.625. The van der Waals surface area contributed by atoms with Gasteiger partial charge < -0.3 is 24.5 Å². The van der Waals surface area contributed by atoms with Crippen LogP contribution in [0.15, 0.2) is 24.3 Å². The maximum absolute atomic E-state index is 10.3. The first kappa shape index (κ1) is 37.1. The van der Waals surface area contributed by atoms with E-state index in [1.807, 2.05) is 6.92 Å². The van der Waals surface area contributed by atoms with Crippen LogP contribution < -0.4 is 0 Å². The maximum atomic E-state index is 10.3. The highest BCUT2D eigenvalue weighted by atomic mass is 31.2. The number of hydrogen-bond donors (Lipinski definition) is 5. The highest BCUT2D eigenvalue weighted by Crippen LogP contribution is 2.52. The van der Waals surface area contributed by atoms with Crippen LogP contribution in [0.4, 0.5) is 0 Å². The van der Waals surface area contributed by atoms with Gasteiger partial charge in [-0.05, 0) is 86.9 Å². The third-order valence-electron chi connectivity index (χ3n) is 7.24. The van der Waals surface area contributed by atoms with E-state index < -0.39 is 22.8 Å². The van der Waals surface area contributed by atoms with Gasteiger partial charge in [0.15, 0.2) is 0 Å². The quantitative estimate of drug-likeness (QED) is 0.228. The Balaban J connectivity index is 0.00000187. The molecule has 0 aromatic heterocycles. The summed E-state index contributed by atoms with van der Waals surface area (Å²) in [5.41, 5.74) is 7.69. The zero-order valence-electron chi connectivity index (χ0n) is 27.3. The predicted molar refractivity (Wildman–Crippen MR) is 170 cm³/mol. The van der Waals surface area contributed by atoms with E-state index in [0.29, 0.717) is 0 Å².